The molecule has 0 aliphatic rings. The molecular formula is C13H21NO3S. The van der Waals surface area contributed by atoms with E-state index in [1.807, 2.05) is 24.3 Å². The van der Waals surface area contributed by atoms with Crippen LogP contribution in [0.4, 0.5) is 0 Å². The number of hydrogen-bond donors (Lipinski definition) is 1. The Bertz CT molecular complexity index is 471. The molecule has 0 fully saturated rings. The van der Waals surface area contributed by atoms with Crippen LogP contribution in [0.25, 0.3) is 0 Å². The minimum atomic E-state index is -2.97. The topological polar surface area (TPSA) is 55.4 Å². The maximum Gasteiger partial charge on any atom is 0.150 e. The van der Waals surface area contributed by atoms with Crippen LogP contribution in [0, 0.1) is 0 Å². The summed E-state index contributed by atoms with van der Waals surface area (Å²) < 4.78 is 27.4. The number of nitrogens with one attached hydrogen (secondary N) is 1. The fourth-order valence-corrected chi connectivity index (χ4v) is 1.99. The SMILES string of the molecule is CCNC(C)c1cccc(OCCS(C)(=O)=O)c1. The van der Waals surface area contributed by atoms with E-state index < -0.39 is 9.84 Å². The molecule has 1 aromatic carbocycles. The molecule has 0 amide bonds. The highest BCUT2D eigenvalue weighted by atomic mass is 32.2. The Labute approximate surface area is 109 Å². The summed E-state index contributed by atoms with van der Waals surface area (Å²) in [6, 6.07) is 7.98. The summed E-state index contributed by atoms with van der Waals surface area (Å²) in [5.41, 5.74) is 1.13. The second-order valence-corrected chi connectivity index (χ2v) is 6.59. The van der Waals surface area contributed by atoms with Crippen molar-refractivity contribution in [1.82, 2.24) is 5.32 Å². The molecule has 1 aromatic rings. The van der Waals surface area contributed by atoms with Crippen molar-refractivity contribution >= 4 is 9.84 Å². The normalized spacial score (nSPS) is 13.3. The van der Waals surface area contributed by atoms with Crippen molar-refractivity contribution in [3.63, 3.8) is 0 Å². The Kier molecular flexibility index (Phi) is 5.62. The minimum absolute atomic E-state index is 0.0417. The summed E-state index contributed by atoms with van der Waals surface area (Å²) in [6.07, 6.45) is 1.21. The molecule has 0 aliphatic heterocycles. The Morgan fingerprint density at radius 2 is 2.11 bits per heavy atom. The van der Waals surface area contributed by atoms with Gasteiger partial charge in [-0.3, -0.25) is 0 Å². The molecule has 0 bridgehead atoms. The molecule has 0 aliphatic carbocycles. The van der Waals surface area contributed by atoms with Gasteiger partial charge in [-0.05, 0) is 31.2 Å². The predicted molar refractivity (Wildman–Crippen MR) is 73.7 cm³/mol. The predicted octanol–water partition coefficient (Wildman–Crippen LogP) is 1.78. The minimum Gasteiger partial charge on any atom is -0.493 e. The monoisotopic (exact) mass is 271 g/mol. The largest absolute Gasteiger partial charge is 0.493 e. The Hall–Kier alpha value is -1.07. The van der Waals surface area contributed by atoms with Crippen molar-refractivity contribution in [3.8, 4) is 5.75 Å². The molecular weight excluding hydrogens is 250 g/mol. The molecule has 0 radical (unpaired) electrons. The number of ether oxygens (including phenoxy) is 1. The summed E-state index contributed by atoms with van der Waals surface area (Å²) in [4.78, 5) is 0. The highest BCUT2D eigenvalue weighted by Crippen LogP contribution is 2.18. The summed E-state index contributed by atoms with van der Waals surface area (Å²) in [7, 11) is -2.97. The first-order chi connectivity index (χ1) is 8.42. The molecule has 1 unspecified atom stereocenters. The van der Waals surface area contributed by atoms with E-state index in [1.54, 1.807) is 0 Å². The van der Waals surface area contributed by atoms with Gasteiger partial charge in [-0.1, -0.05) is 19.1 Å². The fraction of sp³-hybridized carbons (Fsp3) is 0.538. The number of rotatable bonds is 7. The Morgan fingerprint density at radius 3 is 2.72 bits per heavy atom. The van der Waals surface area contributed by atoms with Gasteiger partial charge in [0.25, 0.3) is 0 Å². The molecule has 4 nitrogen and oxygen atoms in total. The molecule has 0 saturated carbocycles. The maximum absolute atomic E-state index is 11.0. The molecule has 1 N–H and O–H groups in total. The summed E-state index contributed by atoms with van der Waals surface area (Å²) in [5.74, 6) is 0.751. The van der Waals surface area contributed by atoms with Crippen LogP contribution in [0.15, 0.2) is 24.3 Å². The van der Waals surface area contributed by atoms with Crippen molar-refractivity contribution in [2.45, 2.75) is 19.9 Å². The van der Waals surface area contributed by atoms with Crippen LogP contribution in [-0.2, 0) is 9.84 Å². The van der Waals surface area contributed by atoms with Gasteiger partial charge in [-0.15, -0.1) is 0 Å². The zero-order valence-corrected chi connectivity index (χ0v) is 12.0. The zero-order valence-electron chi connectivity index (χ0n) is 11.1. The van der Waals surface area contributed by atoms with Gasteiger partial charge < -0.3 is 10.1 Å². The average Bonchev–Trinajstić information content (AvgIpc) is 2.28. The van der Waals surface area contributed by atoms with Crippen LogP contribution in [0.5, 0.6) is 5.75 Å². The third kappa shape index (κ3) is 5.51. The third-order valence-corrected chi connectivity index (χ3v) is 3.50. The first-order valence-electron chi connectivity index (χ1n) is 6.06. The van der Waals surface area contributed by atoms with Crippen molar-refractivity contribution in [2.75, 3.05) is 25.2 Å². The number of hydrogen-bond acceptors (Lipinski definition) is 4. The van der Waals surface area contributed by atoms with Crippen LogP contribution >= 0.6 is 0 Å². The van der Waals surface area contributed by atoms with Gasteiger partial charge in [-0.25, -0.2) is 8.42 Å². The van der Waals surface area contributed by atoms with Crippen molar-refractivity contribution in [3.05, 3.63) is 29.8 Å². The van der Waals surface area contributed by atoms with Crippen molar-refractivity contribution in [1.29, 1.82) is 0 Å². The molecule has 1 rings (SSSR count). The van der Waals surface area contributed by atoms with Gasteiger partial charge in [0.1, 0.15) is 12.4 Å². The van der Waals surface area contributed by atoms with Gasteiger partial charge >= 0.3 is 0 Å². The molecule has 5 heteroatoms. The lowest BCUT2D eigenvalue weighted by Gasteiger charge is -2.14. The van der Waals surface area contributed by atoms with E-state index >= 15 is 0 Å². The van der Waals surface area contributed by atoms with E-state index in [0.717, 1.165) is 12.1 Å². The van der Waals surface area contributed by atoms with Crippen LogP contribution in [0.1, 0.15) is 25.5 Å². The first kappa shape index (κ1) is 15.0. The lowest BCUT2D eigenvalue weighted by molar-refractivity contribution is 0.340. The van der Waals surface area contributed by atoms with E-state index in [1.165, 1.54) is 6.26 Å². The Balaban J connectivity index is 2.59. The van der Waals surface area contributed by atoms with Crippen molar-refractivity contribution in [2.24, 2.45) is 0 Å². The summed E-state index contributed by atoms with van der Waals surface area (Å²) in [6.45, 7) is 5.24. The second kappa shape index (κ2) is 6.75. The summed E-state index contributed by atoms with van der Waals surface area (Å²) in [5, 5.41) is 3.32. The molecule has 0 saturated heterocycles. The quantitative estimate of drug-likeness (QED) is 0.821. The van der Waals surface area contributed by atoms with E-state index in [0.29, 0.717) is 5.75 Å². The van der Waals surface area contributed by atoms with E-state index in [2.05, 4.69) is 19.2 Å². The smallest absolute Gasteiger partial charge is 0.150 e. The van der Waals surface area contributed by atoms with E-state index in [9.17, 15) is 8.42 Å². The van der Waals surface area contributed by atoms with E-state index in [-0.39, 0.29) is 18.4 Å². The van der Waals surface area contributed by atoms with E-state index in [4.69, 9.17) is 4.74 Å². The first-order valence-corrected chi connectivity index (χ1v) is 8.12. The zero-order chi connectivity index (χ0) is 13.6. The summed E-state index contributed by atoms with van der Waals surface area (Å²) >= 11 is 0. The average molecular weight is 271 g/mol. The fourth-order valence-electron chi connectivity index (χ4n) is 1.61. The molecule has 102 valence electrons. The molecule has 0 spiro atoms. The Morgan fingerprint density at radius 1 is 1.39 bits per heavy atom. The maximum atomic E-state index is 11.0. The van der Waals surface area contributed by atoms with Gasteiger partial charge in [0.05, 0.1) is 5.75 Å². The van der Waals surface area contributed by atoms with Crippen LogP contribution in [0.3, 0.4) is 0 Å². The molecule has 1 atom stereocenters. The van der Waals surface area contributed by atoms with Crippen LogP contribution in [-0.4, -0.2) is 33.6 Å². The number of sulfone groups is 1. The lowest BCUT2D eigenvalue weighted by Crippen LogP contribution is -2.17. The van der Waals surface area contributed by atoms with Gasteiger partial charge in [-0.2, -0.15) is 0 Å². The third-order valence-electron chi connectivity index (χ3n) is 2.59. The highest BCUT2D eigenvalue weighted by molar-refractivity contribution is 7.90. The van der Waals surface area contributed by atoms with Crippen molar-refractivity contribution < 1.29 is 13.2 Å². The standard InChI is InChI=1S/C13H21NO3S/c1-4-14-11(2)12-6-5-7-13(10-12)17-8-9-18(3,15)16/h5-7,10-11,14H,4,8-9H2,1-3H3. The highest BCUT2D eigenvalue weighted by Gasteiger charge is 2.06. The molecule has 0 aromatic heterocycles. The van der Waals surface area contributed by atoms with Crippen LogP contribution in [0.2, 0.25) is 0 Å². The lowest BCUT2D eigenvalue weighted by atomic mass is 10.1. The molecule has 18 heavy (non-hydrogen) atoms. The molecule has 0 heterocycles. The second-order valence-electron chi connectivity index (χ2n) is 4.33. The van der Waals surface area contributed by atoms with Gasteiger partial charge in [0.15, 0.2) is 9.84 Å². The van der Waals surface area contributed by atoms with Gasteiger partial charge in [0.2, 0.25) is 0 Å². The number of benzene rings is 1. The van der Waals surface area contributed by atoms with Gasteiger partial charge in [0, 0.05) is 12.3 Å². The van der Waals surface area contributed by atoms with Crippen LogP contribution < -0.4 is 10.1 Å².